The van der Waals surface area contributed by atoms with Crippen molar-refractivity contribution in [3.63, 3.8) is 0 Å². The van der Waals surface area contributed by atoms with E-state index in [0.29, 0.717) is 0 Å². The quantitative estimate of drug-likeness (QED) is 0.534. The molecule has 0 bridgehead atoms. The molecule has 10 heavy (non-hydrogen) atoms. The fourth-order valence-corrected chi connectivity index (χ4v) is 0.504. The van der Waals surface area contributed by atoms with Crippen molar-refractivity contribution in [2.24, 2.45) is 0 Å². The molecule has 0 nitrogen and oxygen atoms in total. The highest BCUT2D eigenvalue weighted by molar-refractivity contribution is 5.10. The van der Waals surface area contributed by atoms with E-state index in [4.69, 9.17) is 0 Å². The normalized spacial score (nSPS) is 12.9. The molecule has 0 aliphatic rings. The Morgan fingerprint density at radius 2 is 2.20 bits per heavy atom. The maximum absolute atomic E-state index is 12.3. The molecule has 2 heteroatoms. The van der Waals surface area contributed by atoms with E-state index in [2.05, 4.69) is 0 Å². The van der Waals surface area contributed by atoms with Crippen LogP contribution in [0.5, 0.6) is 0 Å². The summed E-state index contributed by atoms with van der Waals surface area (Å²) in [6.45, 7) is 1.27. The van der Waals surface area contributed by atoms with Crippen LogP contribution < -0.4 is 0 Å². The van der Waals surface area contributed by atoms with Gasteiger partial charge in [-0.1, -0.05) is 19.4 Å². The van der Waals surface area contributed by atoms with Gasteiger partial charge in [-0.05, 0) is 18.6 Å². The van der Waals surface area contributed by atoms with Crippen LogP contribution in [0.2, 0.25) is 0 Å². The van der Waals surface area contributed by atoms with Crippen molar-refractivity contribution in [2.75, 3.05) is 6.67 Å². The first-order chi connectivity index (χ1) is 4.81. The van der Waals surface area contributed by atoms with E-state index in [9.17, 15) is 8.78 Å². The first-order valence-electron chi connectivity index (χ1n) is 3.39. The van der Waals surface area contributed by atoms with Crippen molar-refractivity contribution in [3.05, 3.63) is 24.1 Å². The van der Waals surface area contributed by atoms with E-state index in [0.717, 1.165) is 18.9 Å². The van der Waals surface area contributed by atoms with Crippen molar-refractivity contribution in [1.82, 2.24) is 0 Å². The highest BCUT2D eigenvalue weighted by atomic mass is 19.1. The highest BCUT2D eigenvalue weighted by Gasteiger charge is 1.83. The van der Waals surface area contributed by atoms with Crippen LogP contribution in [0.3, 0.4) is 0 Å². The van der Waals surface area contributed by atoms with Gasteiger partial charge >= 0.3 is 0 Å². The lowest BCUT2D eigenvalue weighted by atomic mass is 10.3. The monoisotopic (exact) mass is 146 g/mol. The Morgan fingerprint density at radius 3 is 2.70 bits per heavy atom. The summed E-state index contributed by atoms with van der Waals surface area (Å²) in [7, 11) is 0. The van der Waals surface area contributed by atoms with Gasteiger partial charge in [-0.15, -0.1) is 0 Å². The van der Waals surface area contributed by atoms with Crippen molar-refractivity contribution in [2.45, 2.75) is 19.8 Å². The summed E-state index contributed by atoms with van der Waals surface area (Å²) in [4.78, 5) is 0. The zero-order valence-corrected chi connectivity index (χ0v) is 6.11. The fourth-order valence-electron chi connectivity index (χ4n) is 0.504. The molecule has 0 saturated heterocycles. The molecule has 0 spiro atoms. The summed E-state index contributed by atoms with van der Waals surface area (Å²) in [5, 5.41) is 0. The summed E-state index contributed by atoms with van der Waals surface area (Å²) in [5.41, 5.74) is 0. The van der Waals surface area contributed by atoms with Gasteiger partial charge in [-0.2, -0.15) is 0 Å². The van der Waals surface area contributed by atoms with Gasteiger partial charge < -0.3 is 0 Å². The third-order valence-electron chi connectivity index (χ3n) is 1.00. The minimum atomic E-state index is -0.734. The molecule has 0 fully saturated rings. The van der Waals surface area contributed by atoms with Crippen molar-refractivity contribution in [1.29, 1.82) is 0 Å². The van der Waals surface area contributed by atoms with Crippen LogP contribution in [0.15, 0.2) is 24.1 Å². The number of unbranched alkanes of at least 4 members (excludes halogenated alkanes) is 1. The molecule has 0 amide bonds. The van der Waals surface area contributed by atoms with Gasteiger partial charge in [0.25, 0.3) is 0 Å². The summed E-state index contributed by atoms with van der Waals surface area (Å²) in [6, 6.07) is 0. The second kappa shape index (κ2) is 6.46. The minimum Gasteiger partial charge on any atom is -0.246 e. The van der Waals surface area contributed by atoms with Gasteiger partial charge in [-0.3, -0.25) is 0 Å². The molecule has 0 unspecified atom stereocenters. The molecule has 0 aliphatic heterocycles. The SMILES string of the molecule is CCC/C=C\C(F)=C/CF. The maximum Gasteiger partial charge on any atom is 0.121 e. The Balaban J connectivity index is 3.55. The maximum atomic E-state index is 12.3. The van der Waals surface area contributed by atoms with E-state index < -0.39 is 12.5 Å². The van der Waals surface area contributed by atoms with Gasteiger partial charge in [-0.25, -0.2) is 8.78 Å². The van der Waals surface area contributed by atoms with Gasteiger partial charge in [0.05, 0.1) is 0 Å². The van der Waals surface area contributed by atoms with Crippen LogP contribution >= 0.6 is 0 Å². The van der Waals surface area contributed by atoms with Gasteiger partial charge in [0.1, 0.15) is 12.5 Å². The van der Waals surface area contributed by atoms with E-state index >= 15 is 0 Å². The molecule has 58 valence electrons. The van der Waals surface area contributed by atoms with E-state index in [-0.39, 0.29) is 0 Å². The molecule has 0 saturated carbocycles. The topological polar surface area (TPSA) is 0 Å². The second-order valence-electron chi connectivity index (χ2n) is 1.93. The number of allylic oxidation sites excluding steroid dienone is 4. The molecular weight excluding hydrogens is 134 g/mol. The van der Waals surface area contributed by atoms with Crippen molar-refractivity contribution < 1.29 is 8.78 Å². The number of rotatable bonds is 4. The van der Waals surface area contributed by atoms with Crippen LogP contribution in [-0.4, -0.2) is 6.67 Å². The second-order valence-corrected chi connectivity index (χ2v) is 1.93. The third-order valence-corrected chi connectivity index (χ3v) is 1.00. The van der Waals surface area contributed by atoms with Crippen LogP contribution in [0.25, 0.3) is 0 Å². The molecule has 0 rings (SSSR count). The Hall–Kier alpha value is -0.660. The fraction of sp³-hybridized carbons (Fsp3) is 0.500. The Labute approximate surface area is 60.2 Å². The molecule has 0 aromatic rings. The van der Waals surface area contributed by atoms with Crippen molar-refractivity contribution in [3.8, 4) is 0 Å². The van der Waals surface area contributed by atoms with Crippen LogP contribution in [0.4, 0.5) is 8.78 Å². The summed E-state index contributed by atoms with van der Waals surface area (Å²) >= 11 is 0. The largest absolute Gasteiger partial charge is 0.246 e. The molecule has 0 atom stereocenters. The molecular formula is C8H12F2. The predicted molar refractivity (Wildman–Crippen MR) is 39.2 cm³/mol. The van der Waals surface area contributed by atoms with Crippen LogP contribution in [0.1, 0.15) is 19.8 Å². The highest BCUT2D eigenvalue weighted by Crippen LogP contribution is 2.00. The molecule has 0 aromatic carbocycles. The molecule has 0 heterocycles. The Kier molecular flexibility index (Phi) is 6.03. The smallest absolute Gasteiger partial charge is 0.121 e. The number of alkyl halides is 1. The minimum absolute atomic E-state index is 0.490. The number of hydrogen-bond acceptors (Lipinski definition) is 0. The first kappa shape index (κ1) is 9.34. The van der Waals surface area contributed by atoms with Crippen molar-refractivity contribution >= 4 is 0 Å². The lowest BCUT2D eigenvalue weighted by Gasteiger charge is -1.84. The molecule has 0 aromatic heterocycles. The van der Waals surface area contributed by atoms with Crippen LogP contribution in [0, 0.1) is 0 Å². The van der Waals surface area contributed by atoms with E-state index in [1.54, 1.807) is 6.08 Å². The average molecular weight is 146 g/mol. The summed E-state index contributed by atoms with van der Waals surface area (Å²) in [6.07, 6.45) is 5.73. The Morgan fingerprint density at radius 1 is 1.50 bits per heavy atom. The van der Waals surface area contributed by atoms with E-state index in [1.807, 2.05) is 6.92 Å². The standard InChI is InChI=1S/C8H12F2/c1-2-3-4-5-8(10)6-7-9/h4-6H,2-3,7H2,1H3/b5-4-,8-6+. The van der Waals surface area contributed by atoms with Gasteiger partial charge in [0.2, 0.25) is 0 Å². The molecule has 0 radical (unpaired) electrons. The van der Waals surface area contributed by atoms with Crippen LogP contribution in [-0.2, 0) is 0 Å². The lowest BCUT2D eigenvalue weighted by molar-refractivity contribution is 0.547. The number of halogens is 2. The molecule has 0 aliphatic carbocycles. The Bertz CT molecular complexity index is 125. The lowest BCUT2D eigenvalue weighted by Crippen LogP contribution is -1.69. The van der Waals surface area contributed by atoms with E-state index in [1.165, 1.54) is 6.08 Å². The first-order valence-corrected chi connectivity index (χ1v) is 3.39. The molecule has 0 N–H and O–H groups in total. The third kappa shape index (κ3) is 5.48. The summed E-state index contributed by atoms with van der Waals surface area (Å²) < 4.78 is 23.7. The predicted octanol–water partition coefficient (Wildman–Crippen LogP) is 3.17. The summed E-state index contributed by atoms with van der Waals surface area (Å²) in [5.74, 6) is -0.490. The zero-order chi connectivity index (χ0) is 7.82. The van der Waals surface area contributed by atoms with Gasteiger partial charge in [0, 0.05) is 0 Å². The average Bonchev–Trinajstić information content (AvgIpc) is 1.89. The number of hydrogen-bond donors (Lipinski definition) is 0. The van der Waals surface area contributed by atoms with Gasteiger partial charge in [0.15, 0.2) is 0 Å². The zero-order valence-electron chi connectivity index (χ0n) is 6.11.